The molecular weight excluding hydrogens is 292 g/mol. The summed E-state index contributed by atoms with van der Waals surface area (Å²) in [5.41, 5.74) is 1.90. The van der Waals surface area contributed by atoms with Crippen LogP contribution >= 0.6 is 0 Å². The summed E-state index contributed by atoms with van der Waals surface area (Å²) in [6, 6.07) is 7.62. The zero-order valence-electron chi connectivity index (χ0n) is 13.0. The number of amides is 1. The van der Waals surface area contributed by atoms with Crippen molar-refractivity contribution < 1.29 is 4.79 Å². The average Bonchev–Trinajstić information content (AvgIpc) is 2.96. The van der Waals surface area contributed by atoms with Gasteiger partial charge in [-0.15, -0.1) is 0 Å². The second-order valence-corrected chi connectivity index (χ2v) is 5.44. The molecule has 0 bridgehead atoms. The van der Waals surface area contributed by atoms with Crippen LogP contribution in [0.3, 0.4) is 0 Å². The van der Waals surface area contributed by atoms with Gasteiger partial charge in [-0.25, -0.2) is 9.50 Å². The molecule has 2 N–H and O–H groups in total. The fourth-order valence-corrected chi connectivity index (χ4v) is 2.15. The largest absolute Gasteiger partial charge is 0.364 e. The Morgan fingerprint density at radius 2 is 2.17 bits per heavy atom. The number of nitrogens with zero attached hydrogens (tertiary/aromatic N) is 4. The number of carbonyl (C=O) groups is 1. The Balaban J connectivity index is 1.81. The number of hydrogen-bond donors (Lipinski definition) is 2. The molecule has 0 radical (unpaired) electrons. The lowest BCUT2D eigenvalue weighted by molar-refractivity contribution is 0.0944. The molecular formula is C16H18N6O. The van der Waals surface area contributed by atoms with Crippen LogP contribution in [0.2, 0.25) is 0 Å². The summed E-state index contributed by atoms with van der Waals surface area (Å²) in [5.74, 6) is 0.492. The molecule has 3 aromatic heterocycles. The van der Waals surface area contributed by atoms with Crippen molar-refractivity contribution in [1.29, 1.82) is 0 Å². The normalized spacial score (nSPS) is 10.9. The molecule has 0 spiro atoms. The molecule has 0 aliphatic heterocycles. The maximum absolute atomic E-state index is 12.2. The third-order valence-electron chi connectivity index (χ3n) is 3.21. The minimum absolute atomic E-state index is 0.0583. The van der Waals surface area contributed by atoms with Crippen molar-refractivity contribution in [3.05, 3.63) is 54.1 Å². The summed E-state index contributed by atoms with van der Waals surface area (Å²) in [7, 11) is 0. The summed E-state index contributed by atoms with van der Waals surface area (Å²) in [4.78, 5) is 20.9. The van der Waals surface area contributed by atoms with Gasteiger partial charge in [0.05, 0.1) is 18.4 Å². The van der Waals surface area contributed by atoms with Crippen molar-refractivity contribution in [2.75, 3.05) is 5.32 Å². The first-order valence-electron chi connectivity index (χ1n) is 7.42. The summed E-state index contributed by atoms with van der Waals surface area (Å²) >= 11 is 0. The predicted molar refractivity (Wildman–Crippen MR) is 87.2 cm³/mol. The van der Waals surface area contributed by atoms with E-state index in [1.807, 2.05) is 38.1 Å². The van der Waals surface area contributed by atoms with Gasteiger partial charge in [0.1, 0.15) is 11.4 Å². The van der Waals surface area contributed by atoms with Gasteiger partial charge in [-0.3, -0.25) is 9.78 Å². The molecule has 0 aliphatic rings. The highest BCUT2D eigenvalue weighted by molar-refractivity contribution is 5.99. The van der Waals surface area contributed by atoms with Crippen LogP contribution in [0.1, 0.15) is 29.9 Å². The molecule has 3 heterocycles. The zero-order valence-corrected chi connectivity index (χ0v) is 13.0. The monoisotopic (exact) mass is 310 g/mol. The molecule has 7 nitrogen and oxygen atoms in total. The Morgan fingerprint density at radius 1 is 1.30 bits per heavy atom. The lowest BCUT2D eigenvalue weighted by Crippen LogP contribution is -2.30. The first-order chi connectivity index (χ1) is 11.1. The molecule has 3 rings (SSSR count). The van der Waals surface area contributed by atoms with Crippen molar-refractivity contribution >= 4 is 17.4 Å². The molecule has 0 saturated carbocycles. The van der Waals surface area contributed by atoms with Gasteiger partial charge in [0.2, 0.25) is 0 Å². The van der Waals surface area contributed by atoms with Crippen molar-refractivity contribution in [2.24, 2.45) is 0 Å². The second kappa shape index (κ2) is 6.43. The van der Waals surface area contributed by atoms with Gasteiger partial charge >= 0.3 is 0 Å². The van der Waals surface area contributed by atoms with E-state index in [1.54, 1.807) is 16.9 Å². The number of nitrogens with one attached hydrogen (secondary N) is 2. The number of anilines is 1. The first-order valence-corrected chi connectivity index (χ1v) is 7.42. The average molecular weight is 310 g/mol. The number of aromatic nitrogens is 4. The van der Waals surface area contributed by atoms with Crippen LogP contribution < -0.4 is 10.6 Å². The highest BCUT2D eigenvalue weighted by Crippen LogP contribution is 2.12. The lowest BCUT2D eigenvalue weighted by atomic mass is 10.3. The van der Waals surface area contributed by atoms with E-state index in [1.165, 1.54) is 6.20 Å². The Kier molecular flexibility index (Phi) is 4.18. The SMILES string of the molecule is CC(C)NC(=O)c1cnn2ccc(NCc3ccccn3)nc12. The van der Waals surface area contributed by atoms with Crippen LogP contribution in [0.25, 0.3) is 5.65 Å². The molecule has 3 aromatic rings. The van der Waals surface area contributed by atoms with Gasteiger partial charge in [-0.1, -0.05) is 6.07 Å². The zero-order chi connectivity index (χ0) is 16.2. The van der Waals surface area contributed by atoms with Gasteiger partial charge in [-0.2, -0.15) is 5.10 Å². The summed E-state index contributed by atoms with van der Waals surface area (Å²) < 4.78 is 1.58. The summed E-state index contributed by atoms with van der Waals surface area (Å²) in [5, 5.41) is 10.2. The number of rotatable bonds is 5. The van der Waals surface area contributed by atoms with Crippen LogP contribution in [-0.2, 0) is 6.54 Å². The van der Waals surface area contributed by atoms with Gasteiger partial charge in [0.15, 0.2) is 5.65 Å². The number of pyridine rings is 1. The van der Waals surface area contributed by atoms with Gasteiger partial charge in [0, 0.05) is 18.4 Å². The van der Waals surface area contributed by atoms with Crippen LogP contribution in [-0.4, -0.2) is 31.5 Å². The third kappa shape index (κ3) is 3.45. The Hall–Kier alpha value is -2.96. The molecule has 23 heavy (non-hydrogen) atoms. The molecule has 7 heteroatoms. The topological polar surface area (TPSA) is 84.2 Å². The van der Waals surface area contributed by atoms with Crippen LogP contribution in [0, 0.1) is 0 Å². The maximum Gasteiger partial charge on any atom is 0.256 e. The highest BCUT2D eigenvalue weighted by Gasteiger charge is 2.15. The van der Waals surface area contributed by atoms with E-state index in [0.717, 1.165) is 5.69 Å². The highest BCUT2D eigenvalue weighted by atomic mass is 16.1. The van der Waals surface area contributed by atoms with Crippen LogP contribution in [0.4, 0.5) is 5.82 Å². The minimum Gasteiger partial charge on any atom is -0.364 e. The first kappa shape index (κ1) is 15.0. The summed E-state index contributed by atoms with van der Waals surface area (Å²) in [6.45, 7) is 4.39. The van der Waals surface area contributed by atoms with Crippen LogP contribution in [0.15, 0.2) is 42.9 Å². The van der Waals surface area contributed by atoms with Gasteiger partial charge in [0.25, 0.3) is 5.91 Å². The molecule has 118 valence electrons. The van der Waals surface area contributed by atoms with Gasteiger partial charge < -0.3 is 10.6 Å². The second-order valence-electron chi connectivity index (χ2n) is 5.44. The van der Waals surface area contributed by atoms with Crippen molar-refractivity contribution in [3.8, 4) is 0 Å². The fourth-order valence-electron chi connectivity index (χ4n) is 2.15. The molecule has 0 unspecified atom stereocenters. The van der Waals surface area contributed by atoms with E-state index in [0.29, 0.717) is 23.6 Å². The van der Waals surface area contributed by atoms with E-state index in [9.17, 15) is 4.79 Å². The number of carbonyl (C=O) groups excluding carboxylic acids is 1. The van der Waals surface area contributed by atoms with Crippen molar-refractivity contribution in [2.45, 2.75) is 26.4 Å². The quantitative estimate of drug-likeness (QED) is 0.751. The smallest absolute Gasteiger partial charge is 0.256 e. The van der Waals surface area contributed by atoms with Crippen LogP contribution in [0.5, 0.6) is 0 Å². The molecule has 0 fully saturated rings. The van der Waals surface area contributed by atoms with E-state index >= 15 is 0 Å². The molecule has 0 saturated heterocycles. The number of hydrogen-bond acceptors (Lipinski definition) is 5. The molecule has 0 aromatic carbocycles. The van der Waals surface area contributed by atoms with Crippen molar-refractivity contribution in [3.63, 3.8) is 0 Å². The van der Waals surface area contributed by atoms with Crippen molar-refractivity contribution in [1.82, 2.24) is 24.9 Å². The molecule has 0 atom stereocenters. The Labute approximate surface area is 133 Å². The van der Waals surface area contributed by atoms with E-state index in [2.05, 4.69) is 25.7 Å². The number of fused-ring (bicyclic) bond motifs is 1. The summed E-state index contributed by atoms with van der Waals surface area (Å²) in [6.07, 6.45) is 5.05. The Bertz CT molecular complexity index is 812. The van der Waals surface area contributed by atoms with E-state index in [-0.39, 0.29) is 11.9 Å². The predicted octanol–water partition coefficient (Wildman–Crippen LogP) is 1.87. The lowest BCUT2D eigenvalue weighted by Gasteiger charge is -2.08. The van der Waals surface area contributed by atoms with E-state index < -0.39 is 0 Å². The maximum atomic E-state index is 12.2. The third-order valence-corrected chi connectivity index (χ3v) is 3.21. The standard InChI is InChI=1S/C16H18N6O/c1-11(2)20-16(23)13-10-19-22-8-6-14(21-15(13)22)18-9-12-5-3-4-7-17-12/h3-8,10-11H,9H2,1-2H3,(H,18,21)(H,20,23). The van der Waals surface area contributed by atoms with Gasteiger partial charge in [-0.05, 0) is 32.0 Å². The van der Waals surface area contributed by atoms with E-state index in [4.69, 9.17) is 0 Å². The molecule has 0 aliphatic carbocycles. The molecule has 1 amide bonds. The fraction of sp³-hybridized carbons (Fsp3) is 0.250. The minimum atomic E-state index is -0.177. The Morgan fingerprint density at radius 3 is 2.91 bits per heavy atom.